The number of halogens is 1. The number of piperazine rings is 1. The van der Waals surface area contributed by atoms with Gasteiger partial charge in [0.2, 0.25) is 10.0 Å². The van der Waals surface area contributed by atoms with E-state index in [1.54, 1.807) is 18.2 Å². The minimum absolute atomic E-state index is 0.0837. The molecule has 10 heteroatoms. The van der Waals surface area contributed by atoms with Crippen LogP contribution in [-0.2, 0) is 10.0 Å². The van der Waals surface area contributed by atoms with Crippen LogP contribution in [0.3, 0.4) is 0 Å². The highest BCUT2D eigenvalue weighted by Gasteiger charge is 2.28. The van der Waals surface area contributed by atoms with Crippen LogP contribution in [0.15, 0.2) is 47.4 Å². The summed E-state index contributed by atoms with van der Waals surface area (Å²) in [4.78, 5) is 14.8. The van der Waals surface area contributed by atoms with Gasteiger partial charge in [0, 0.05) is 39.3 Å². The second kappa shape index (κ2) is 10.1. The van der Waals surface area contributed by atoms with Gasteiger partial charge in [-0.1, -0.05) is 6.07 Å². The van der Waals surface area contributed by atoms with E-state index in [0.29, 0.717) is 56.3 Å². The molecule has 0 aromatic heterocycles. The van der Waals surface area contributed by atoms with Gasteiger partial charge >= 0.3 is 0 Å². The topological polar surface area (TPSA) is 88.2 Å². The highest BCUT2D eigenvalue weighted by molar-refractivity contribution is 7.89. The van der Waals surface area contributed by atoms with Crippen molar-refractivity contribution in [2.75, 3.05) is 53.5 Å². The summed E-state index contributed by atoms with van der Waals surface area (Å²) in [5.74, 6) is 0.0799. The van der Waals surface area contributed by atoms with Crippen LogP contribution in [0.25, 0.3) is 0 Å². The third-order valence-electron chi connectivity index (χ3n) is 5.15. The Bertz CT molecular complexity index is 984. The Labute approximate surface area is 181 Å². The second-order valence-corrected chi connectivity index (χ2v) is 8.93. The van der Waals surface area contributed by atoms with Crippen molar-refractivity contribution in [3.8, 4) is 11.5 Å². The molecule has 168 valence electrons. The molecule has 3 rings (SSSR count). The van der Waals surface area contributed by atoms with Gasteiger partial charge < -0.3 is 14.8 Å². The highest BCUT2D eigenvalue weighted by atomic mass is 32.2. The number of nitrogens with one attached hydrogen (secondary N) is 1. The first-order valence-corrected chi connectivity index (χ1v) is 11.3. The Kier molecular flexibility index (Phi) is 7.47. The molecule has 0 saturated carbocycles. The maximum absolute atomic E-state index is 13.1. The number of amides is 1. The first kappa shape index (κ1) is 23.0. The van der Waals surface area contributed by atoms with E-state index in [4.69, 9.17) is 9.47 Å². The van der Waals surface area contributed by atoms with E-state index in [9.17, 15) is 17.6 Å². The first-order valence-electron chi connectivity index (χ1n) is 9.84. The number of nitrogens with zero attached hydrogens (tertiary/aromatic N) is 2. The zero-order chi connectivity index (χ0) is 22.4. The average Bonchev–Trinajstić information content (AvgIpc) is 2.79. The summed E-state index contributed by atoms with van der Waals surface area (Å²) in [6.07, 6.45) is 0. The number of benzene rings is 2. The maximum Gasteiger partial charge on any atom is 0.258 e. The van der Waals surface area contributed by atoms with E-state index >= 15 is 0 Å². The monoisotopic (exact) mass is 451 g/mol. The Morgan fingerprint density at radius 3 is 2.13 bits per heavy atom. The zero-order valence-corrected chi connectivity index (χ0v) is 18.3. The molecule has 0 atom stereocenters. The van der Waals surface area contributed by atoms with Crippen LogP contribution in [0, 0.1) is 5.82 Å². The van der Waals surface area contributed by atoms with Gasteiger partial charge in [-0.3, -0.25) is 9.69 Å². The number of hydrogen-bond acceptors (Lipinski definition) is 6. The molecule has 0 spiro atoms. The van der Waals surface area contributed by atoms with Crippen molar-refractivity contribution in [3.63, 3.8) is 0 Å². The molecule has 31 heavy (non-hydrogen) atoms. The van der Waals surface area contributed by atoms with Gasteiger partial charge in [0.05, 0.1) is 19.1 Å². The molecule has 0 bridgehead atoms. The van der Waals surface area contributed by atoms with Crippen molar-refractivity contribution in [3.05, 3.63) is 53.8 Å². The Morgan fingerprint density at radius 1 is 1.00 bits per heavy atom. The quantitative estimate of drug-likeness (QED) is 0.656. The summed E-state index contributed by atoms with van der Waals surface area (Å²) in [6, 6.07) is 9.97. The van der Waals surface area contributed by atoms with Crippen LogP contribution in [-0.4, -0.2) is 77.0 Å². The molecule has 2 aromatic rings. The van der Waals surface area contributed by atoms with Gasteiger partial charge in [-0.05, 0) is 36.4 Å². The summed E-state index contributed by atoms with van der Waals surface area (Å²) >= 11 is 0. The summed E-state index contributed by atoms with van der Waals surface area (Å²) in [5.41, 5.74) is 0.336. The van der Waals surface area contributed by atoms with Gasteiger partial charge in [0.15, 0.2) is 0 Å². The van der Waals surface area contributed by atoms with E-state index in [0.717, 1.165) is 12.1 Å². The summed E-state index contributed by atoms with van der Waals surface area (Å²) < 4.78 is 50.4. The van der Waals surface area contributed by atoms with Crippen molar-refractivity contribution in [2.24, 2.45) is 0 Å². The fourth-order valence-corrected chi connectivity index (χ4v) is 4.86. The SMILES string of the molecule is COc1cccc(OC)c1C(=O)NCCN1CCN(S(=O)(=O)c2ccc(F)cc2)CC1. The molecule has 1 fully saturated rings. The minimum Gasteiger partial charge on any atom is -0.496 e. The maximum atomic E-state index is 13.1. The number of methoxy groups -OCH3 is 2. The van der Waals surface area contributed by atoms with Crippen molar-refractivity contribution in [2.45, 2.75) is 4.90 Å². The third-order valence-corrected chi connectivity index (χ3v) is 7.06. The van der Waals surface area contributed by atoms with E-state index in [-0.39, 0.29) is 10.8 Å². The molecular weight excluding hydrogens is 425 g/mol. The van der Waals surface area contributed by atoms with Crippen LogP contribution in [0.1, 0.15) is 10.4 Å². The lowest BCUT2D eigenvalue weighted by Crippen LogP contribution is -2.50. The predicted molar refractivity (Wildman–Crippen MR) is 113 cm³/mol. The smallest absolute Gasteiger partial charge is 0.258 e. The van der Waals surface area contributed by atoms with Crippen LogP contribution < -0.4 is 14.8 Å². The molecular formula is C21H26FN3O5S. The van der Waals surface area contributed by atoms with Crippen LogP contribution in [0.4, 0.5) is 4.39 Å². The standard InChI is InChI=1S/C21H26FN3O5S/c1-29-18-4-3-5-19(30-2)20(18)21(26)23-10-11-24-12-14-25(15-13-24)31(27,28)17-8-6-16(22)7-9-17/h3-9H,10-15H2,1-2H3,(H,23,26). The molecule has 1 saturated heterocycles. The number of rotatable bonds is 8. The van der Waals surface area contributed by atoms with Crippen molar-refractivity contribution in [1.29, 1.82) is 0 Å². The van der Waals surface area contributed by atoms with Gasteiger partial charge in [0.25, 0.3) is 5.91 Å². The molecule has 1 N–H and O–H groups in total. The number of sulfonamides is 1. The Hall–Kier alpha value is -2.69. The largest absolute Gasteiger partial charge is 0.496 e. The van der Waals surface area contributed by atoms with Gasteiger partial charge in [-0.25, -0.2) is 12.8 Å². The fourth-order valence-electron chi connectivity index (χ4n) is 3.44. The van der Waals surface area contributed by atoms with Crippen LogP contribution >= 0.6 is 0 Å². The van der Waals surface area contributed by atoms with Crippen molar-refractivity contribution >= 4 is 15.9 Å². The molecule has 2 aromatic carbocycles. The number of ether oxygens (including phenoxy) is 2. The van der Waals surface area contributed by atoms with Gasteiger partial charge in [-0.2, -0.15) is 4.31 Å². The van der Waals surface area contributed by atoms with E-state index < -0.39 is 15.8 Å². The molecule has 1 aliphatic rings. The van der Waals surface area contributed by atoms with Crippen LogP contribution in [0.2, 0.25) is 0 Å². The molecule has 0 unspecified atom stereocenters. The molecule has 0 aliphatic carbocycles. The molecule has 1 aliphatic heterocycles. The molecule has 1 heterocycles. The summed E-state index contributed by atoms with van der Waals surface area (Å²) in [6.45, 7) is 2.70. The lowest BCUT2D eigenvalue weighted by Gasteiger charge is -2.34. The lowest BCUT2D eigenvalue weighted by atomic mass is 10.1. The Morgan fingerprint density at radius 2 is 1.58 bits per heavy atom. The summed E-state index contributed by atoms with van der Waals surface area (Å²) in [5, 5.41) is 2.86. The highest BCUT2D eigenvalue weighted by Crippen LogP contribution is 2.27. The summed E-state index contributed by atoms with van der Waals surface area (Å²) in [7, 11) is -0.663. The lowest BCUT2D eigenvalue weighted by molar-refractivity contribution is 0.0938. The fraction of sp³-hybridized carbons (Fsp3) is 0.381. The number of hydrogen-bond donors (Lipinski definition) is 1. The zero-order valence-electron chi connectivity index (χ0n) is 17.5. The normalized spacial score (nSPS) is 15.5. The van der Waals surface area contributed by atoms with Crippen LogP contribution in [0.5, 0.6) is 11.5 Å². The second-order valence-electron chi connectivity index (χ2n) is 6.99. The number of carbonyl (C=O) groups is 1. The van der Waals surface area contributed by atoms with E-state index in [2.05, 4.69) is 10.2 Å². The molecule has 1 amide bonds. The molecule has 8 nitrogen and oxygen atoms in total. The van der Waals surface area contributed by atoms with Gasteiger partial charge in [-0.15, -0.1) is 0 Å². The van der Waals surface area contributed by atoms with Gasteiger partial charge in [0.1, 0.15) is 22.9 Å². The van der Waals surface area contributed by atoms with E-state index in [1.807, 2.05) is 0 Å². The van der Waals surface area contributed by atoms with Crippen molar-refractivity contribution in [1.82, 2.24) is 14.5 Å². The third kappa shape index (κ3) is 5.33. The first-order chi connectivity index (χ1) is 14.9. The number of carbonyl (C=O) groups excluding carboxylic acids is 1. The van der Waals surface area contributed by atoms with Crippen molar-refractivity contribution < 1.29 is 27.1 Å². The average molecular weight is 452 g/mol. The minimum atomic E-state index is -3.65. The molecule has 0 radical (unpaired) electrons. The van der Waals surface area contributed by atoms with E-state index in [1.165, 1.54) is 30.7 Å². The Balaban J connectivity index is 1.51. The predicted octanol–water partition coefficient (Wildman–Crippen LogP) is 1.58.